The molecular formula is C13H18O2. The van der Waals surface area contributed by atoms with Crippen molar-refractivity contribution in [3.05, 3.63) is 47.5 Å². The van der Waals surface area contributed by atoms with Crippen molar-refractivity contribution in [1.29, 1.82) is 0 Å². The summed E-state index contributed by atoms with van der Waals surface area (Å²) in [4.78, 5) is 0. The Morgan fingerprint density at radius 3 is 2.47 bits per heavy atom. The van der Waals surface area contributed by atoms with Crippen LogP contribution in [-0.4, -0.2) is 16.8 Å². The van der Waals surface area contributed by atoms with Crippen LogP contribution >= 0.6 is 0 Å². The zero-order valence-electron chi connectivity index (χ0n) is 9.22. The van der Waals surface area contributed by atoms with Crippen molar-refractivity contribution in [3.8, 4) is 0 Å². The van der Waals surface area contributed by atoms with Crippen molar-refractivity contribution in [3.63, 3.8) is 0 Å². The van der Waals surface area contributed by atoms with E-state index in [0.717, 1.165) is 11.1 Å². The summed E-state index contributed by atoms with van der Waals surface area (Å²) in [6, 6.07) is 9.57. The first kappa shape index (κ1) is 12.0. The summed E-state index contributed by atoms with van der Waals surface area (Å²) in [6.45, 7) is 3.91. The number of rotatable bonds is 4. The first-order chi connectivity index (χ1) is 7.16. The molecule has 0 aromatic heterocycles. The summed E-state index contributed by atoms with van der Waals surface area (Å²) < 4.78 is 0. The lowest BCUT2D eigenvalue weighted by Gasteiger charge is -2.20. The standard InChI is InChI=1S/C13H18O2/c1-10(8-9-14)11(2)13(15)12-6-4-3-5-7-12/h3-8,11,13-15H,9H2,1-2H3/b10-8+/t11-,13-/m0/s1. The summed E-state index contributed by atoms with van der Waals surface area (Å²) >= 11 is 0. The number of aliphatic hydroxyl groups excluding tert-OH is 2. The van der Waals surface area contributed by atoms with Crippen molar-refractivity contribution in [1.82, 2.24) is 0 Å². The fourth-order valence-electron chi connectivity index (χ4n) is 1.52. The van der Waals surface area contributed by atoms with Gasteiger partial charge in [0, 0.05) is 5.92 Å². The van der Waals surface area contributed by atoms with E-state index in [4.69, 9.17) is 5.11 Å². The molecule has 15 heavy (non-hydrogen) atoms. The van der Waals surface area contributed by atoms with Crippen molar-refractivity contribution >= 4 is 0 Å². The van der Waals surface area contributed by atoms with E-state index in [9.17, 15) is 5.11 Å². The average molecular weight is 206 g/mol. The molecule has 0 aliphatic carbocycles. The molecule has 1 aromatic rings. The first-order valence-electron chi connectivity index (χ1n) is 5.17. The highest BCUT2D eigenvalue weighted by Gasteiger charge is 2.16. The monoisotopic (exact) mass is 206 g/mol. The smallest absolute Gasteiger partial charge is 0.0852 e. The molecular weight excluding hydrogens is 188 g/mol. The maximum absolute atomic E-state index is 10.1. The van der Waals surface area contributed by atoms with Crippen LogP contribution in [0, 0.1) is 5.92 Å². The van der Waals surface area contributed by atoms with Gasteiger partial charge in [0.2, 0.25) is 0 Å². The molecule has 1 aromatic carbocycles. The molecule has 0 aliphatic heterocycles. The summed E-state index contributed by atoms with van der Waals surface area (Å²) in [6.07, 6.45) is 1.23. The highest BCUT2D eigenvalue weighted by molar-refractivity contribution is 5.20. The van der Waals surface area contributed by atoms with Gasteiger partial charge in [0.05, 0.1) is 12.7 Å². The van der Waals surface area contributed by atoms with Gasteiger partial charge in [0.25, 0.3) is 0 Å². The number of benzene rings is 1. The Morgan fingerprint density at radius 2 is 1.93 bits per heavy atom. The molecule has 0 fully saturated rings. The molecule has 2 N–H and O–H groups in total. The molecule has 0 aliphatic rings. The fraction of sp³-hybridized carbons (Fsp3) is 0.385. The lowest BCUT2D eigenvalue weighted by molar-refractivity contribution is 0.134. The quantitative estimate of drug-likeness (QED) is 0.742. The highest BCUT2D eigenvalue weighted by atomic mass is 16.3. The summed E-state index contributed by atoms with van der Waals surface area (Å²) in [5.74, 6) is 0.0274. The van der Waals surface area contributed by atoms with Crippen LogP contribution in [0.1, 0.15) is 25.5 Å². The van der Waals surface area contributed by atoms with Crippen LogP contribution in [-0.2, 0) is 0 Å². The molecule has 0 amide bonds. The Morgan fingerprint density at radius 1 is 1.33 bits per heavy atom. The molecule has 0 spiro atoms. The fourth-order valence-corrected chi connectivity index (χ4v) is 1.52. The molecule has 2 heteroatoms. The largest absolute Gasteiger partial charge is 0.392 e. The number of hydrogen-bond donors (Lipinski definition) is 2. The van der Waals surface area contributed by atoms with E-state index >= 15 is 0 Å². The van der Waals surface area contributed by atoms with Gasteiger partial charge in [-0.2, -0.15) is 0 Å². The summed E-state index contributed by atoms with van der Waals surface area (Å²) in [5, 5.41) is 18.8. The lowest BCUT2D eigenvalue weighted by atomic mass is 9.91. The van der Waals surface area contributed by atoms with Gasteiger partial charge in [-0.3, -0.25) is 0 Å². The van der Waals surface area contributed by atoms with E-state index in [1.54, 1.807) is 6.08 Å². The normalized spacial score (nSPS) is 16.1. The van der Waals surface area contributed by atoms with Crippen LogP contribution < -0.4 is 0 Å². The third kappa shape index (κ3) is 3.18. The second kappa shape index (κ2) is 5.69. The molecule has 0 saturated carbocycles. The minimum absolute atomic E-state index is 0.0255. The van der Waals surface area contributed by atoms with Crippen molar-refractivity contribution < 1.29 is 10.2 Å². The van der Waals surface area contributed by atoms with Gasteiger partial charge >= 0.3 is 0 Å². The molecule has 2 atom stereocenters. The maximum Gasteiger partial charge on any atom is 0.0852 e. The maximum atomic E-state index is 10.1. The van der Waals surface area contributed by atoms with Gasteiger partial charge in [-0.05, 0) is 12.5 Å². The Bertz CT molecular complexity index is 317. The summed E-state index contributed by atoms with van der Waals surface area (Å²) in [7, 11) is 0. The van der Waals surface area contributed by atoms with Crippen LogP contribution in [0.3, 0.4) is 0 Å². The van der Waals surface area contributed by atoms with E-state index in [0.29, 0.717) is 0 Å². The van der Waals surface area contributed by atoms with Crippen molar-refractivity contribution in [2.45, 2.75) is 20.0 Å². The molecule has 0 heterocycles. The van der Waals surface area contributed by atoms with Gasteiger partial charge in [-0.1, -0.05) is 48.9 Å². The first-order valence-corrected chi connectivity index (χ1v) is 5.17. The zero-order valence-corrected chi connectivity index (χ0v) is 9.22. The number of hydrogen-bond acceptors (Lipinski definition) is 2. The third-order valence-electron chi connectivity index (χ3n) is 2.75. The van der Waals surface area contributed by atoms with Gasteiger partial charge < -0.3 is 10.2 Å². The van der Waals surface area contributed by atoms with Gasteiger partial charge in [-0.25, -0.2) is 0 Å². The Hall–Kier alpha value is -1.12. The highest BCUT2D eigenvalue weighted by Crippen LogP contribution is 2.26. The Balaban J connectivity index is 2.77. The van der Waals surface area contributed by atoms with Crippen LogP contribution in [0.5, 0.6) is 0 Å². The van der Waals surface area contributed by atoms with E-state index in [2.05, 4.69) is 0 Å². The van der Waals surface area contributed by atoms with E-state index < -0.39 is 6.10 Å². The second-order valence-electron chi connectivity index (χ2n) is 3.77. The molecule has 0 bridgehead atoms. The van der Waals surface area contributed by atoms with Crippen LogP contribution in [0.15, 0.2) is 42.0 Å². The predicted octanol–water partition coefficient (Wildman–Crippen LogP) is 2.29. The summed E-state index contributed by atoms with van der Waals surface area (Å²) in [5.41, 5.74) is 1.92. The van der Waals surface area contributed by atoms with Crippen molar-refractivity contribution in [2.75, 3.05) is 6.61 Å². The SMILES string of the molecule is C/C(=C\CO)[C@H](C)[C@H](O)c1ccccc1. The average Bonchev–Trinajstić information content (AvgIpc) is 2.28. The molecule has 0 unspecified atom stereocenters. The minimum atomic E-state index is -0.506. The lowest BCUT2D eigenvalue weighted by Crippen LogP contribution is -2.10. The van der Waals surface area contributed by atoms with E-state index in [1.165, 1.54) is 0 Å². The van der Waals surface area contributed by atoms with E-state index in [-0.39, 0.29) is 12.5 Å². The van der Waals surface area contributed by atoms with Gasteiger partial charge in [-0.15, -0.1) is 0 Å². The van der Waals surface area contributed by atoms with Crippen LogP contribution in [0.4, 0.5) is 0 Å². The topological polar surface area (TPSA) is 40.5 Å². The Kier molecular flexibility index (Phi) is 4.53. The van der Waals surface area contributed by atoms with Gasteiger partial charge in [0.15, 0.2) is 0 Å². The predicted molar refractivity (Wildman–Crippen MR) is 61.4 cm³/mol. The molecule has 1 rings (SSSR count). The second-order valence-corrected chi connectivity index (χ2v) is 3.77. The van der Waals surface area contributed by atoms with Crippen molar-refractivity contribution in [2.24, 2.45) is 5.92 Å². The molecule has 0 radical (unpaired) electrons. The molecule has 2 nitrogen and oxygen atoms in total. The Labute approximate surface area is 90.9 Å². The number of aliphatic hydroxyl groups is 2. The third-order valence-corrected chi connectivity index (χ3v) is 2.75. The molecule has 82 valence electrons. The zero-order chi connectivity index (χ0) is 11.3. The van der Waals surface area contributed by atoms with E-state index in [1.807, 2.05) is 44.2 Å². The molecule has 0 saturated heterocycles. The minimum Gasteiger partial charge on any atom is -0.392 e. The van der Waals surface area contributed by atoms with Gasteiger partial charge in [0.1, 0.15) is 0 Å². The van der Waals surface area contributed by atoms with Crippen LogP contribution in [0.2, 0.25) is 0 Å². The van der Waals surface area contributed by atoms with Crippen LogP contribution in [0.25, 0.3) is 0 Å².